The van der Waals surface area contributed by atoms with Crippen LogP contribution in [0, 0.1) is 5.92 Å². The molecule has 0 heterocycles. The second kappa shape index (κ2) is 9.97. The highest BCUT2D eigenvalue weighted by molar-refractivity contribution is 5.74. The number of likely N-dealkylation sites (N-methyl/N-ethyl adjacent to an activating group) is 1. The fourth-order valence-electron chi connectivity index (χ4n) is 3.96. The van der Waals surface area contributed by atoms with Gasteiger partial charge in [0.05, 0.1) is 12.6 Å². The number of nitrogens with zero attached hydrogens (tertiary/aromatic N) is 1. The molecule has 0 spiro atoms. The summed E-state index contributed by atoms with van der Waals surface area (Å²) in [7, 11) is 1.78. The van der Waals surface area contributed by atoms with Gasteiger partial charge in [0.25, 0.3) is 0 Å². The van der Waals surface area contributed by atoms with Crippen molar-refractivity contribution in [3.63, 3.8) is 0 Å². The van der Waals surface area contributed by atoms with E-state index in [1.54, 1.807) is 7.11 Å². The van der Waals surface area contributed by atoms with Gasteiger partial charge in [-0.3, -0.25) is 9.69 Å². The lowest BCUT2D eigenvalue weighted by molar-refractivity contribution is -0.139. The maximum atomic E-state index is 12.0. The summed E-state index contributed by atoms with van der Waals surface area (Å²) < 4.78 is 5.38. The number of carbonyl (C=O) groups is 2. The third-order valence-electron chi connectivity index (χ3n) is 5.67. The van der Waals surface area contributed by atoms with Crippen LogP contribution in [0.2, 0.25) is 0 Å². The summed E-state index contributed by atoms with van der Waals surface area (Å²) in [5.41, 5.74) is 0. The fourth-order valence-corrected chi connectivity index (χ4v) is 3.96. The van der Waals surface area contributed by atoms with E-state index in [0.29, 0.717) is 18.6 Å². The van der Waals surface area contributed by atoms with Crippen LogP contribution in [0.15, 0.2) is 0 Å². The number of urea groups is 1. The van der Waals surface area contributed by atoms with Crippen molar-refractivity contribution in [2.24, 2.45) is 5.92 Å². The minimum Gasteiger partial charge on any atom is -0.480 e. The monoisotopic (exact) mass is 355 g/mol. The molecule has 2 saturated carbocycles. The first-order chi connectivity index (χ1) is 12.0. The molecule has 0 unspecified atom stereocenters. The molecule has 0 radical (unpaired) electrons. The topological polar surface area (TPSA) is 90.9 Å². The number of carboxylic acids is 1. The Balaban J connectivity index is 1.54. The van der Waals surface area contributed by atoms with Crippen LogP contribution in [0.25, 0.3) is 0 Å². The largest absolute Gasteiger partial charge is 0.480 e. The second-order valence-electron chi connectivity index (χ2n) is 7.35. The zero-order chi connectivity index (χ0) is 18.2. The number of nitrogens with one attached hydrogen (secondary N) is 2. The SMILES string of the molecule is CCN(CC(=O)O)C1CC(NC(=O)NCCC2CCC(OC)CC2)C1. The minimum absolute atomic E-state index is 0.0748. The van der Waals surface area contributed by atoms with Crippen molar-refractivity contribution in [1.29, 1.82) is 0 Å². The molecule has 2 fully saturated rings. The number of carbonyl (C=O) groups excluding carboxylic acids is 1. The number of methoxy groups -OCH3 is 1. The molecular weight excluding hydrogens is 322 g/mol. The van der Waals surface area contributed by atoms with Gasteiger partial charge in [0.1, 0.15) is 0 Å². The number of carboxylic acid groups (broad SMARTS) is 1. The van der Waals surface area contributed by atoms with E-state index in [0.717, 1.165) is 38.6 Å². The predicted octanol–water partition coefficient (Wildman–Crippen LogP) is 1.82. The van der Waals surface area contributed by atoms with Crippen molar-refractivity contribution in [1.82, 2.24) is 15.5 Å². The number of aliphatic carboxylic acids is 1. The van der Waals surface area contributed by atoms with Crippen LogP contribution in [0.3, 0.4) is 0 Å². The standard InChI is InChI=1S/C18H33N3O4/c1-3-21(12-17(22)23)15-10-14(11-15)20-18(24)19-9-8-13-4-6-16(25-2)7-5-13/h13-16H,3-12H2,1-2H3,(H,22,23)(H2,19,20,24). The lowest BCUT2D eigenvalue weighted by atomic mass is 9.85. The van der Waals surface area contributed by atoms with E-state index >= 15 is 0 Å². The van der Waals surface area contributed by atoms with Crippen molar-refractivity contribution in [3.8, 4) is 0 Å². The summed E-state index contributed by atoms with van der Waals surface area (Å²) in [5, 5.41) is 14.8. The van der Waals surface area contributed by atoms with Gasteiger partial charge in [-0.25, -0.2) is 4.79 Å². The molecule has 0 aromatic rings. The summed E-state index contributed by atoms with van der Waals surface area (Å²) in [6, 6.07) is 0.322. The molecule has 0 aliphatic heterocycles. The number of hydrogen-bond acceptors (Lipinski definition) is 4. The van der Waals surface area contributed by atoms with Gasteiger partial charge in [-0.1, -0.05) is 6.92 Å². The maximum absolute atomic E-state index is 12.0. The van der Waals surface area contributed by atoms with Crippen molar-refractivity contribution in [3.05, 3.63) is 0 Å². The van der Waals surface area contributed by atoms with E-state index < -0.39 is 5.97 Å². The average molecular weight is 355 g/mol. The van der Waals surface area contributed by atoms with E-state index in [1.165, 1.54) is 12.8 Å². The summed E-state index contributed by atoms with van der Waals surface area (Å²) in [5.74, 6) is -0.107. The minimum atomic E-state index is -0.796. The van der Waals surface area contributed by atoms with Gasteiger partial charge in [-0.2, -0.15) is 0 Å². The van der Waals surface area contributed by atoms with Gasteiger partial charge in [0.2, 0.25) is 0 Å². The molecule has 2 aliphatic rings. The quantitative estimate of drug-likeness (QED) is 0.587. The molecule has 0 aromatic carbocycles. The maximum Gasteiger partial charge on any atom is 0.317 e. The Bertz CT molecular complexity index is 432. The first-order valence-electron chi connectivity index (χ1n) is 9.54. The summed E-state index contributed by atoms with van der Waals surface area (Å²) in [6.45, 7) is 3.48. The Morgan fingerprint density at radius 3 is 2.44 bits per heavy atom. The van der Waals surface area contributed by atoms with Crippen molar-refractivity contribution in [2.45, 2.75) is 70.1 Å². The molecule has 0 bridgehead atoms. The molecule has 0 aromatic heterocycles. The zero-order valence-electron chi connectivity index (χ0n) is 15.5. The lowest BCUT2D eigenvalue weighted by Gasteiger charge is -2.42. The molecule has 144 valence electrons. The molecule has 2 rings (SSSR count). The molecule has 25 heavy (non-hydrogen) atoms. The van der Waals surface area contributed by atoms with Gasteiger partial charge < -0.3 is 20.5 Å². The molecule has 0 atom stereocenters. The van der Waals surface area contributed by atoms with Crippen LogP contribution >= 0.6 is 0 Å². The summed E-state index contributed by atoms with van der Waals surface area (Å²) in [6.07, 6.45) is 7.72. The fraction of sp³-hybridized carbons (Fsp3) is 0.889. The summed E-state index contributed by atoms with van der Waals surface area (Å²) in [4.78, 5) is 24.7. The highest BCUT2D eigenvalue weighted by Gasteiger charge is 2.34. The number of rotatable bonds is 9. The van der Waals surface area contributed by atoms with Crippen LogP contribution in [-0.4, -0.2) is 66.9 Å². The van der Waals surface area contributed by atoms with Gasteiger partial charge in [0, 0.05) is 25.7 Å². The van der Waals surface area contributed by atoms with Gasteiger partial charge >= 0.3 is 12.0 Å². The van der Waals surface area contributed by atoms with Crippen molar-refractivity contribution >= 4 is 12.0 Å². The normalized spacial score (nSPS) is 29.1. The Morgan fingerprint density at radius 2 is 1.88 bits per heavy atom. The molecule has 7 heteroatoms. The highest BCUT2D eigenvalue weighted by Crippen LogP contribution is 2.28. The van der Waals surface area contributed by atoms with Crippen LogP contribution in [-0.2, 0) is 9.53 Å². The predicted molar refractivity (Wildman–Crippen MR) is 95.6 cm³/mol. The third kappa shape index (κ3) is 6.47. The van der Waals surface area contributed by atoms with Crippen molar-refractivity contribution in [2.75, 3.05) is 26.7 Å². The number of ether oxygens (including phenoxy) is 1. The van der Waals surface area contributed by atoms with Crippen LogP contribution in [0.4, 0.5) is 4.79 Å². The smallest absolute Gasteiger partial charge is 0.317 e. The van der Waals surface area contributed by atoms with Crippen LogP contribution in [0.1, 0.15) is 51.9 Å². The average Bonchev–Trinajstić information content (AvgIpc) is 2.56. The molecule has 2 aliphatic carbocycles. The van der Waals surface area contributed by atoms with E-state index in [-0.39, 0.29) is 24.7 Å². The zero-order valence-corrected chi connectivity index (χ0v) is 15.5. The van der Waals surface area contributed by atoms with E-state index in [9.17, 15) is 9.59 Å². The van der Waals surface area contributed by atoms with E-state index in [4.69, 9.17) is 9.84 Å². The van der Waals surface area contributed by atoms with E-state index in [1.807, 2.05) is 11.8 Å². The number of hydrogen-bond donors (Lipinski definition) is 3. The molecule has 2 amide bonds. The van der Waals surface area contributed by atoms with Gasteiger partial charge in [-0.05, 0) is 57.4 Å². The van der Waals surface area contributed by atoms with Gasteiger partial charge in [0.15, 0.2) is 0 Å². The third-order valence-corrected chi connectivity index (χ3v) is 5.67. The van der Waals surface area contributed by atoms with E-state index in [2.05, 4.69) is 10.6 Å². The second-order valence-corrected chi connectivity index (χ2v) is 7.35. The highest BCUT2D eigenvalue weighted by atomic mass is 16.5. The Hall–Kier alpha value is -1.34. The summed E-state index contributed by atoms with van der Waals surface area (Å²) >= 11 is 0. The molecule has 3 N–H and O–H groups in total. The first kappa shape index (κ1) is 20.0. The Kier molecular flexibility index (Phi) is 7.96. The van der Waals surface area contributed by atoms with Crippen LogP contribution < -0.4 is 10.6 Å². The number of amides is 2. The first-order valence-corrected chi connectivity index (χ1v) is 9.54. The lowest BCUT2D eigenvalue weighted by Crippen LogP contribution is -2.56. The van der Waals surface area contributed by atoms with Crippen LogP contribution in [0.5, 0.6) is 0 Å². The van der Waals surface area contributed by atoms with Gasteiger partial charge in [-0.15, -0.1) is 0 Å². The molecule has 0 saturated heterocycles. The molecular formula is C18H33N3O4. The molecule has 7 nitrogen and oxygen atoms in total. The Labute approximate surface area is 150 Å². The Morgan fingerprint density at radius 1 is 1.20 bits per heavy atom. The van der Waals surface area contributed by atoms with Crippen molar-refractivity contribution < 1.29 is 19.4 Å².